The second-order valence-electron chi connectivity index (χ2n) is 5.47. The van der Waals surface area contributed by atoms with E-state index in [-0.39, 0.29) is 17.9 Å². The number of aryl methyl sites for hydroxylation is 1. The molecule has 1 fully saturated rings. The molecule has 0 bridgehead atoms. The molecule has 0 atom stereocenters. The summed E-state index contributed by atoms with van der Waals surface area (Å²) in [5, 5.41) is 3.01. The number of benzene rings is 1. The average Bonchev–Trinajstić information content (AvgIpc) is 2.51. The Labute approximate surface area is 125 Å². The van der Waals surface area contributed by atoms with Crippen LogP contribution in [0.5, 0.6) is 0 Å². The van der Waals surface area contributed by atoms with Crippen LogP contribution in [0.4, 0.5) is 10.5 Å². The number of hydrogen-bond acceptors (Lipinski definition) is 3. The summed E-state index contributed by atoms with van der Waals surface area (Å²) in [5.74, 6) is -0.0148. The number of methoxy groups -OCH3 is 1. The van der Waals surface area contributed by atoms with Gasteiger partial charge in [0.1, 0.15) is 0 Å². The number of carbonyl (C=O) groups excluding carboxylic acids is 2. The standard InChI is InChI=1S/C16H22N2O3/c1-11-5-4-6-14(12(11)2)17-15(19)13-7-9-18(10-8-13)16(20)21-3/h4-6,13H,7-10H2,1-3H3,(H,17,19). The predicted molar refractivity (Wildman–Crippen MR) is 81.2 cm³/mol. The maximum Gasteiger partial charge on any atom is 0.409 e. The molecule has 1 aliphatic rings. The van der Waals surface area contributed by atoms with Gasteiger partial charge < -0.3 is 15.0 Å². The number of nitrogens with zero attached hydrogens (tertiary/aromatic N) is 1. The summed E-state index contributed by atoms with van der Waals surface area (Å²) in [6, 6.07) is 5.89. The maximum absolute atomic E-state index is 12.3. The SMILES string of the molecule is COC(=O)N1CCC(C(=O)Nc2cccc(C)c2C)CC1. The fraction of sp³-hybridized carbons (Fsp3) is 0.500. The van der Waals surface area contributed by atoms with Crippen LogP contribution in [0.15, 0.2) is 18.2 Å². The summed E-state index contributed by atoms with van der Waals surface area (Å²) in [5.41, 5.74) is 3.13. The van der Waals surface area contributed by atoms with Gasteiger partial charge in [-0.15, -0.1) is 0 Å². The number of carbonyl (C=O) groups is 2. The van der Waals surface area contributed by atoms with Crippen LogP contribution in [0.2, 0.25) is 0 Å². The number of ether oxygens (including phenoxy) is 1. The summed E-state index contributed by atoms with van der Waals surface area (Å²) >= 11 is 0. The molecule has 0 unspecified atom stereocenters. The highest BCUT2D eigenvalue weighted by molar-refractivity contribution is 5.93. The van der Waals surface area contributed by atoms with Gasteiger partial charge in [0.05, 0.1) is 7.11 Å². The Morgan fingerprint density at radius 1 is 1.24 bits per heavy atom. The van der Waals surface area contributed by atoms with E-state index < -0.39 is 0 Å². The molecule has 1 saturated heterocycles. The molecule has 0 aliphatic carbocycles. The van der Waals surface area contributed by atoms with Crippen molar-refractivity contribution in [3.63, 3.8) is 0 Å². The molecule has 1 aliphatic heterocycles. The zero-order valence-electron chi connectivity index (χ0n) is 12.8. The fourth-order valence-corrected chi connectivity index (χ4v) is 2.57. The van der Waals surface area contributed by atoms with Gasteiger partial charge in [-0.3, -0.25) is 4.79 Å². The number of nitrogens with one attached hydrogen (secondary N) is 1. The van der Waals surface area contributed by atoms with Crippen LogP contribution < -0.4 is 5.32 Å². The molecule has 0 spiro atoms. The van der Waals surface area contributed by atoms with Crippen molar-refractivity contribution in [3.05, 3.63) is 29.3 Å². The smallest absolute Gasteiger partial charge is 0.409 e. The maximum atomic E-state index is 12.3. The molecular formula is C16H22N2O3. The Balaban J connectivity index is 1.93. The van der Waals surface area contributed by atoms with Crippen molar-refractivity contribution in [2.75, 3.05) is 25.5 Å². The summed E-state index contributed by atoms with van der Waals surface area (Å²) in [7, 11) is 1.38. The first-order valence-electron chi connectivity index (χ1n) is 7.23. The number of hydrogen-bond donors (Lipinski definition) is 1. The normalized spacial score (nSPS) is 15.7. The number of likely N-dealkylation sites (tertiary alicyclic amines) is 1. The third-order valence-electron chi connectivity index (χ3n) is 4.16. The third kappa shape index (κ3) is 3.54. The molecule has 1 aromatic carbocycles. The molecule has 21 heavy (non-hydrogen) atoms. The first-order valence-corrected chi connectivity index (χ1v) is 7.23. The minimum Gasteiger partial charge on any atom is -0.453 e. The number of amides is 2. The molecule has 114 valence electrons. The lowest BCUT2D eigenvalue weighted by atomic mass is 9.96. The quantitative estimate of drug-likeness (QED) is 0.911. The molecule has 0 saturated carbocycles. The Morgan fingerprint density at radius 2 is 1.90 bits per heavy atom. The summed E-state index contributed by atoms with van der Waals surface area (Å²) in [4.78, 5) is 25.4. The second-order valence-corrected chi connectivity index (χ2v) is 5.47. The van der Waals surface area contributed by atoms with Crippen LogP contribution in [0.25, 0.3) is 0 Å². The van der Waals surface area contributed by atoms with Crippen LogP contribution >= 0.6 is 0 Å². The highest BCUT2D eigenvalue weighted by atomic mass is 16.5. The zero-order valence-corrected chi connectivity index (χ0v) is 12.8. The summed E-state index contributed by atoms with van der Waals surface area (Å²) in [6.07, 6.45) is 1.03. The van der Waals surface area contributed by atoms with E-state index in [1.54, 1.807) is 4.90 Å². The largest absolute Gasteiger partial charge is 0.453 e. The molecule has 2 amide bonds. The zero-order chi connectivity index (χ0) is 15.4. The topological polar surface area (TPSA) is 58.6 Å². The van der Waals surface area contributed by atoms with Crippen molar-refractivity contribution < 1.29 is 14.3 Å². The van der Waals surface area contributed by atoms with E-state index in [1.165, 1.54) is 7.11 Å². The molecule has 0 aromatic heterocycles. The van der Waals surface area contributed by atoms with Crippen LogP contribution in [0, 0.1) is 19.8 Å². The van der Waals surface area contributed by atoms with Crippen LogP contribution in [0.1, 0.15) is 24.0 Å². The molecular weight excluding hydrogens is 268 g/mol. The summed E-state index contributed by atoms with van der Waals surface area (Å²) < 4.78 is 4.70. The number of anilines is 1. The number of piperidine rings is 1. The van der Waals surface area contributed by atoms with Crippen LogP contribution in [-0.2, 0) is 9.53 Å². The predicted octanol–water partition coefficient (Wildman–Crippen LogP) is 2.72. The Kier molecular flexibility index (Phi) is 4.83. The molecule has 1 aromatic rings. The van der Waals surface area contributed by atoms with Crippen molar-refractivity contribution in [2.24, 2.45) is 5.92 Å². The van der Waals surface area contributed by atoms with E-state index in [1.807, 2.05) is 32.0 Å². The van der Waals surface area contributed by atoms with E-state index in [2.05, 4.69) is 5.32 Å². The molecule has 1 N–H and O–H groups in total. The van der Waals surface area contributed by atoms with Gasteiger partial charge in [0.15, 0.2) is 0 Å². The van der Waals surface area contributed by atoms with Crippen molar-refractivity contribution in [1.82, 2.24) is 4.90 Å². The molecule has 1 heterocycles. The van der Waals surface area contributed by atoms with Gasteiger partial charge in [0.2, 0.25) is 5.91 Å². The second kappa shape index (κ2) is 6.61. The van der Waals surface area contributed by atoms with Gasteiger partial charge in [-0.2, -0.15) is 0 Å². The van der Waals surface area contributed by atoms with Gasteiger partial charge in [-0.05, 0) is 43.9 Å². The first-order chi connectivity index (χ1) is 10.0. The molecule has 5 nitrogen and oxygen atoms in total. The fourth-order valence-electron chi connectivity index (χ4n) is 2.57. The lowest BCUT2D eigenvalue weighted by Crippen LogP contribution is -2.41. The molecule has 0 radical (unpaired) electrons. The monoisotopic (exact) mass is 290 g/mol. The summed E-state index contributed by atoms with van der Waals surface area (Å²) in [6.45, 7) is 5.17. The minimum atomic E-state index is -0.316. The van der Waals surface area contributed by atoms with Gasteiger partial charge >= 0.3 is 6.09 Å². The first kappa shape index (κ1) is 15.4. The lowest BCUT2D eigenvalue weighted by Gasteiger charge is -2.30. The van der Waals surface area contributed by atoms with Crippen molar-refractivity contribution in [3.8, 4) is 0 Å². The number of rotatable bonds is 2. The Morgan fingerprint density at radius 3 is 2.52 bits per heavy atom. The van der Waals surface area contributed by atoms with E-state index in [0.29, 0.717) is 25.9 Å². The Bertz CT molecular complexity index is 534. The highest BCUT2D eigenvalue weighted by Gasteiger charge is 2.27. The van der Waals surface area contributed by atoms with Crippen LogP contribution in [-0.4, -0.2) is 37.1 Å². The average molecular weight is 290 g/mol. The minimum absolute atomic E-state index is 0.0354. The molecule has 5 heteroatoms. The Hall–Kier alpha value is -2.04. The highest BCUT2D eigenvalue weighted by Crippen LogP contribution is 2.22. The van der Waals surface area contributed by atoms with E-state index >= 15 is 0 Å². The van der Waals surface area contributed by atoms with Gasteiger partial charge in [0.25, 0.3) is 0 Å². The molecule has 2 rings (SSSR count). The lowest BCUT2D eigenvalue weighted by molar-refractivity contribution is -0.121. The van der Waals surface area contributed by atoms with Crippen molar-refractivity contribution >= 4 is 17.7 Å². The van der Waals surface area contributed by atoms with E-state index in [4.69, 9.17) is 4.74 Å². The van der Waals surface area contributed by atoms with Gasteiger partial charge in [0, 0.05) is 24.7 Å². The van der Waals surface area contributed by atoms with Crippen molar-refractivity contribution in [1.29, 1.82) is 0 Å². The van der Waals surface area contributed by atoms with Gasteiger partial charge in [-0.25, -0.2) is 4.79 Å². The van der Waals surface area contributed by atoms with Gasteiger partial charge in [-0.1, -0.05) is 12.1 Å². The van der Waals surface area contributed by atoms with Crippen LogP contribution in [0.3, 0.4) is 0 Å². The van der Waals surface area contributed by atoms with E-state index in [0.717, 1.165) is 16.8 Å². The van der Waals surface area contributed by atoms with E-state index in [9.17, 15) is 9.59 Å². The third-order valence-corrected chi connectivity index (χ3v) is 4.16. The van der Waals surface area contributed by atoms with Crippen molar-refractivity contribution in [2.45, 2.75) is 26.7 Å².